The third-order valence-electron chi connectivity index (χ3n) is 1.85. The topological polar surface area (TPSA) is 87.9 Å². The average Bonchev–Trinajstić information content (AvgIpc) is 2.29. The SMILES string of the molecule is O.O.[B](Nc1ccccn1)c1ccccc1. The van der Waals surface area contributed by atoms with Crippen LogP contribution in [0.3, 0.4) is 0 Å². The molecule has 16 heavy (non-hydrogen) atoms. The fourth-order valence-electron chi connectivity index (χ4n) is 1.15. The van der Waals surface area contributed by atoms with Gasteiger partial charge in [0.05, 0.1) is 0 Å². The lowest BCUT2D eigenvalue weighted by molar-refractivity contribution is 0.823. The Kier molecular flexibility index (Phi) is 6.59. The Balaban J connectivity index is 0.00000112. The molecule has 0 unspecified atom stereocenters. The van der Waals surface area contributed by atoms with Crippen molar-refractivity contribution in [2.75, 3.05) is 5.23 Å². The molecule has 0 saturated heterocycles. The summed E-state index contributed by atoms with van der Waals surface area (Å²) in [4.78, 5) is 4.15. The standard InChI is InChI=1S/C11H10BN2.2H2O/c1-2-6-10(7-3-1)12-14-11-8-4-5-9-13-11;;/h1-9H,(H,13,14);2*1H2. The molecule has 4 nitrogen and oxygen atoms in total. The van der Waals surface area contributed by atoms with Crippen LogP contribution in [0.25, 0.3) is 0 Å². The van der Waals surface area contributed by atoms with Gasteiger partial charge in [0.15, 0.2) is 0 Å². The van der Waals surface area contributed by atoms with E-state index in [1.165, 1.54) is 0 Å². The fraction of sp³-hybridized carbons (Fsp3) is 0. The van der Waals surface area contributed by atoms with Crippen LogP contribution in [0.4, 0.5) is 5.82 Å². The second kappa shape index (κ2) is 7.45. The molecule has 0 spiro atoms. The first-order chi connectivity index (χ1) is 6.95. The van der Waals surface area contributed by atoms with Crippen LogP contribution < -0.4 is 10.7 Å². The second-order valence-corrected chi connectivity index (χ2v) is 2.91. The van der Waals surface area contributed by atoms with E-state index in [0.29, 0.717) is 0 Å². The molecular weight excluding hydrogens is 203 g/mol. The van der Waals surface area contributed by atoms with E-state index < -0.39 is 0 Å². The molecule has 1 aromatic carbocycles. The Labute approximate surface area is 95.2 Å². The van der Waals surface area contributed by atoms with E-state index in [9.17, 15) is 0 Å². The fourth-order valence-corrected chi connectivity index (χ4v) is 1.15. The quantitative estimate of drug-likeness (QED) is 0.720. The first kappa shape index (κ1) is 14.2. The number of pyridine rings is 1. The van der Waals surface area contributed by atoms with Gasteiger partial charge in [0.2, 0.25) is 0 Å². The van der Waals surface area contributed by atoms with Crippen LogP contribution in [0.2, 0.25) is 0 Å². The third-order valence-corrected chi connectivity index (χ3v) is 1.85. The summed E-state index contributed by atoms with van der Waals surface area (Å²) in [5, 5.41) is 3.12. The van der Waals surface area contributed by atoms with Gasteiger partial charge in [-0.25, -0.2) is 4.98 Å². The normalized spacial score (nSPS) is 8.25. The molecule has 1 heterocycles. The van der Waals surface area contributed by atoms with Gasteiger partial charge in [-0.3, -0.25) is 0 Å². The van der Waals surface area contributed by atoms with Gasteiger partial charge in [-0.15, -0.1) is 0 Å². The van der Waals surface area contributed by atoms with E-state index >= 15 is 0 Å². The lowest BCUT2D eigenvalue weighted by Crippen LogP contribution is -2.22. The number of hydrogen-bond acceptors (Lipinski definition) is 2. The number of anilines is 1. The molecule has 1 radical (unpaired) electrons. The van der Waals surface area contributed by atoms with E-state index in [2.05, 4.69) is 10.2 Å². The minimum Gasteiger partial charge on any atom is -0.413 e. The summed E-state index contributed by atoms with van der Waals surface area (Å²) >= 11 is 0. The van der Waals surface area contributed by atoms with Crippen molar-refractivity contribution in [1.29, 1.82) is 0 Å². The summed E-state index contributed by atoms with van der Waals surface area (Å²) in [5.74, 6) is 0.858. The first-order valence-corrected chi connectivity index (χ1v) is 4.51. The van der Waals surface area contributed by atoms with Crippen LogP contribution in [-0.2, 0) is 0 Å². The Morgan fingerprint density at radius 3 is 2.19 bits per heavy atom. The van der Waals surface area contributed by atoms with Gasteiger partial charge < -0.3 is 16.2 Å². The summed E-state index contributed by atoms with van der Waals surface area (Å²) in [6.45, 7) is 0. The molecule has 0 aliphatic heterocycles. The monoisotopic (exact) mass is 217 g/mol. The van der Waals surface area contributed by atoms with Crippen molar-refractivity contribution in [3.05, 3.63) is 54.7 Å². The summed E-state index contributed by atoms with van der Waals surface area (Å²) in [6.07, 6.45) is 1.77. The zero-order valence-corrected chi connectivity index (χ0v) is 8.72. The van der Waals surface area contributed by atoms with Crippen LogP contribution in [0.1, 0.15) is 0 Å². The highest BCUT2D eigenvalue weighted by atomic mass is 16.0. The number of aromatic nitrogens is 1. The molecule has 0 aliphatic carbocycles. The van der Waals surface area contributed by atoms with Crippen molar-refractivity contribution < 1.29 is 11.0 Å². The van der Waals surface area contributed by atoms with E-state index in [1.54, 1.807) is 6.20 Å². The second-order valence-electron chi connectivity index (χ2n) is 2.91. The highest BCUT2D eigenvalue weighted by molar-refractivity contribution is 6.56. The summed E-state index contributed by atoms with van der Waals surface area (Å²) in [6, 6.07) is 15.9. The minimum absolute atomic E-state index is 0. The highest BCUT2D eigenvalue weighted by Crippen LogP contribution is 1.97. The molecule has 0 aliphatic rings. The average molecular weight is 217 g/mol. The van der Waals surface area contributed by atoms with Crippen molar-refractivity contribution in [2.45, 2.75) is 0 Å². The van der Waals surface area contributed by atoms with E-state index in [1.807, 2.05) is 55.9 Å². The Hall–Kier alpha value is -1.85. The minimum atomic E-state index is 0. The molecular formula is C11H14BN2O2. The molecule has 5 heteroatoms. The van der Waals surface area contributed by atoms with Gasteiger partial charge >= 0.3 is 0 Å². The maximum atomic E-state index is 4.15. The molecule has 0 saturated carbocycles. The largest absolute Gasteiger partial charge is 0.413 e. The van der Waals surface area contributed by atoms with E-state index in [0.717, 1.165) is 11.3 Å². The lowest BCUT2D eigenvalue weighted by Gasteiger charge is -2.02. The maximum Gasteiger partial charge on any atom is 0.283 e. The predicted molar refractivity (Wildman–Crippen MR) is 66.9 cm³/mol. The highest BCUT2D eigenvalue weighted by Gasteiger charge is 1.95. The number of nitrogens with one attached hydrogen (secondary N) is 1. The van der Waals surface area contributed by atoms with Crippen LogP contribution in [0, 0.1) is 0 Å². The van der Waals surface area contributed by atoms with Crippen LogP contribution in [0.15, 0.2) is 54.7 Å². The first-order valence-electron chi connectivity index (χ1n) is 4.51. The van der Waals surface area contributed by atoms with Gasteiger partial charge in [-0.2, -0.15) is 0 Å². The van der Waals surface area contributed by atoms with Gasteiger partial charge in [0, 0.05) is 6.20 Å². The van der Waals surface area contributed by atoms with Gasteiger partial charge in [-0.1, -0.05) is 41.9 Å². The van der Waals surface area contributed by atoms with Gasteiger partial charge in [0.25, 0.3) is 7.41 Å². The maximum absolute atomic E-state index is 4.15. The Morgan fingerprint density at radius 2 is 1.56 bits per heavy atom. The third kappa shape index (κ3) is 4.12. The number of benzene rings is 1. The number of hydrogen-bond donors (Lipinski definition) is 1. The molecule has 2 aromatic rings. The molecule has 0 atom stereocenters. The zero-order valence-electron chi connectivity index (χ0n) is 8.72. The molecule has 5 N–H and O–H groups in total. The Bertz CT molecular complexity index is 344. The van der Waals surface area contributed by atoms with E-state index in [4.69, 9.17) is 0 Å². The van der Waals surface area contributed by atoms with Crippen molar-refractivity contribution in [1.82, 2.24) is 4.98 Å². The molecule has 83 valence electrons. The molecule has 0 bridgehead atoms. The molecule has 2 rings (SSSR count). The summed E-state index contributed by atoms with van der Waals surface area (Å²) < 4.78 is 0. The van der Waals surface area contributed by atoms with Crippen molar-refractivity contribution in [3.63, 3.8) is 0 Å². The smallest absolute Gasteiger partial charge is 0.283 e. The predicted octanol–water partition coefficient (Wildman–Crippen LogP) is -0.211. The van der Waals surface area contributed by atoms with Crippen molar-refractivity contribution in [2.24, 2.45) is 0 Å². The summed E-state index contributed by atoms with van der Waals surface area (Å²) in [5.41, 5.74) is 1.14. The summed E-state index contributed by atoms with van der Waals surface area (Å²) in [7, 11) is 1.93. The number of nitrogens with zero attached hydrogens (tertiary/aromatic N) is 1. The van der Waals surface area contributed by atoms with Crippen LogP contribution in [0.5, 0.6) is 0 Å². The van der Waals surface area contributed by atoms with Gasteiger partial charge in [-0.05, 0) is 12.1 Å². The molecule has 0 fully saturated rings. The van der Waals surface area contributed by atoms with E-state index in [-0.39, 0.29) is 11.0 Å². The van der Waals surface area contributed by atoms with Crippen molar-refractivity contribution >= 4 is 18.7 Å². The number of rotatable bonds is 3. The van der Waals surface area contributed by atoms with Crippen LogP contribution >= 0.6 is 0 Å². The zero-order chi connectivity index (χ0) is 9.64. The molecule has 1 aromatic heterocycles. The lowest BCUT2D eigenvalue weighted by atomic mass is 9.83. The molecule has 0 amide bonds. The Morgan fingerprint density at radius 1 is 0.875 bits per heavy atom. The van der Waals surface area contributed by atoms with Gasteiger partial charge in [0.1, 0.15) is 5.82 Å². The van der Waals surface area contributed by atoms with Crippen LogP contribution in [-0.4, -0.2) is 23.4 Å². The van der Waals surface area contributed by atoms with Crippen molar-refractivity contribution in [3.8, 4) is 0 Å².